The summed E-state index contributed by atoms with van der Waals surface area (Å²) in [5.74, 6) is 0.0508. The first kappa shape index (κ1) is 23.2. The Hall–Kier alpha value is -3.95. The maximum atomic E-state index is 14.3. The van der Waals surface area contributed by atoms with Gasteiger partial charge >= 0.3 is 0 Å². The summed E-state index contributed by atoms with van der Waals surface area (Å²) in [6, 6.07) is 8.96. The summed E-state index contributed by atoms with van der Waals surface area (Å²) in [7, 11) is -3.59. The molecule has 2 aromatic carbocycles. The second-order valence-electron chi connectivity index (χ2n) is 7.38. The lowest BCUT2D eigenvalue weighted by molar-refractivity contribution is 0.332. The van der Waals surface area contributed by atoms with Gasteiger partial charge in [-0.3, -0.25) is 4.72 Å². The van der Waals surface area contributed by atoms with E-state index in [0.29, 0.717) is 28.6 Å². The minimum Gasteiger partial charge on any atom is -0.469 e. The van der Waals surface area contributed by atoms with Gasteiger partial charge in [-0.15, -0.1) is 0 Å². The standard InChI is InChI=1S/C23H19F2N3O5S/c1-3-34(30,31)28-15-5-7-20(33-21-6-4-14(24)9-19(21)25)17(10-15)18-8-13(2)26-23-22(18)27-16(11-29)12-32-23/h4-10,27-28H,3,12H2,1-2H3. The van der Waals surface area contributed by atoms with Crippen molar-refractivity contribution in [1.29, 1.82) is 0 Å². The Kier molecular flexibility index (Phi) is 6.23. The molecular formula is C23H19F2N3O5S. The quantitative estimate of drug-likeness (QED) is 0.496. The number of hydrogen-bond acceptors (Lipinski definition) is 7. The maximum Gasteiger partial charge on any atom is 0.239 e. The van der Waals surface area contributed by atoms with E-state index in [1.54, 1.807) is 18.9 Å². The van der Waals surface area contributed by atoms with E-state index in [-0.39, 0.29) is 41.1 Å². The third kappa shape index (κ3) is 4.85. The van der Waals surface area contributed by atoms with Crippen LogP contribution in [0.3, 0.4) is 0 Å². The van der Waals surface area contributed by atoms with Crippen LogP contribution in [0.1, 0.15) is 12.6 Å². The highest BCUT2D eigenvalue weighted by Crippen LogP contribution is 2.44. The molecule has 0 atom stereocenters. The predicted octanol–water partition coefficient (Wildman–Crippen LogP) is 4.41. The van der Waals surface area contributed by atoms with Crippen LogP contribution in [0.15, 0.2) is 48.2 Å². The van der Waals surface area contributed by atoms with Crippen LogP contribution in [-0.4, -0.2) is 31.7 Å². The summed E-state index contributed by atoms with van der Waals surface area (Å²) in [5, 5.41) is 2.92. The molecule has 2 N–H and O–H groups in total. The van der Waals surface area contributed by atoms with Crippen LogP contribution in [0.25, 0.3) is 11.1 Å². The summed E-state index contributed by atoms with van der Waals surface area (Å²) in [5.41, 5.74) is 2.04. The zero-order valence-corrected chi connectivity index (χ0v) is 18.9. The van der Waals surface area contributed by atoms with E-state index >= 15 is 0 Å². The average molecular weight is 487 g/mol. The first-order valence-electron chi connectivity index (χ1n) is 10.1. The Morgan fingerprint density at radius 2 is 1.91 bits per heavy atom. The number of nitrogens with zero attached hydrogens (tertiary/aromatic N) is 1. The first-order valence-corrected chi connectivity index (χ1v) is 11.8. The van der Waals surface area contributed by atoms with Gasteiger partial charge < -0.3 is 14.8 Å². The monoisotopic (exact) mass is 487 g/mol. The van der Waals surface area contributed by atoms with Crippen LogP contribution in [0, 0.1) is 18.6 Å². The number of aromatic nitrogens is 1. The van der Waals surface area contributed by atoms with Gasteiger partial charge in [-0.25, -0.2) is 27.0 Å². The van der Waals surface area contributed by atoms with E-state index in [0.717, 1.165) is 12.1 Å². The van der Waals surface area contributed by atoms with Gasteiger partial charge in [0.2, 0.25) is 15.9 Å². The van der Waals surface area contributed by atoms with Gasteiger partial charge in [-0.2, -0.15) is 0 Å². The van der Waals surface area contributed by atoms with E-state index in [4.69, 9.17) is 9.47 Å². The summed E-state index contributed by atoms with van der Waals surface area (Å²) in [4.78, 5) is 15.5. The molecule has 1 aliphatic rings. The van der Waals surface area contributed by atoms with Crippen molar-refractivity contribution in [3.63, 3.8) is 0 Å². The van der Waals surface area contributed by atoms with Gasteiger partial charge in [-0.05, 0) is 50.2 Å². The number of carbonyl (C=O) groups excluding carboxylic acids is 1. The second kappa shape index (κ2) is 9.12. The number of anilines is 2. The predicted molar refractivity (Wildman–Crippen MR) is 122 cm³/mol. The molecule has 0 fully saturated rings. The average Bonchev–Trinajstić information content (AvgIpc) is 2.80. The zero-order valence-electron chi connectivity index (χ0n) is 18.1. The molecule has 0 spiro atoms. The summed E-state index contributed by atoms with van der Waals surface area (Å²) in [6.07, 6.45) is 0. The van der Waals surface area contributed by atoms with Gasteiger partial charge in [0.05, 0.1) is 5.75 Å². The normalized spacial score (nSPS) is 12.8. The van der Waals surface area contributed by atoms with Gasteiger partial charge in [0.1, 0.15) is 35.5 Å². The lowest BCUT2D eigenvalue weighted by Crippen LogP contribution is -2.19. The summed E-state index contributed by atoms with van der Waals surface area (Å²) < 4.78 is 65.7. The number of nitrogens with one attached hydrogen (secondary N) is 2. The number of pyridine rings is 1. The largest absolute Gasteiger partial charge is 0.469 e. The van der Waals surface area contributed by atoms with Crippen LogP contribution >= 0.6 is 0 Å². The molecule has 11 heteroatoms. The van der Waals surface area contributed by atoms with Crippen molar-refractivity contribution in [1.82, 2.24) is 4.98 Å². The van der Waals surface area contributed by atoms with E-state index in [1.807, 2.05) is 0 Å². The highest BCUT2D eigenvalue weighted by molar-refractivity contribution is 7.92. The minimum absolute atomic E-state index is 0.0487. The number of benzene rings is 2. The Bertz CT molecular complexity index is 1440. The second-order valence-corrected chi connectivity index (χ2v) is 9.39. The number of fused-ring (bicyclic) bond motifs is 1. The number of sulfonamides is 1. The smallest absolute Gasteiger partial charge is 0.239 e. The SMILES string of the molecule is CCS(=O)(=O)Nc1ccc(Oc2ccc(F)cc2F)c(-c2cc(C)nc3c2NC(=C=O)CO3)c1. The zero-order chi connectivity index (χ0) is 24.5. The molecule has 0 amide bonds. The van der Waals surface area contributed by atoms with Crippen molar-refractivity contribution in [3.8, 4) is 28.5 Å². The first-order chi connectivity index (χ1) is 16.2. The molecule has 0 saturated carbocycles. The molecule has 0 radical (unpaired) electrons. The summed E-state index contributed by atoms with van der Waals surface area (Å²) in [6.45, 7) is 3.17. The Labute approximate surface area is 194 Å². The van der Waals surface area contributed by atoms with Crippen molar-refractivity contribution in [2.75, 3.05) is 22.4 Å². The van der Waals surface area contributed by atoms with Crippen molar-refractivity contribution >= 4 is 27.3 Å². The number of rotatable bonds is 6. The van der Waals surface area contributed by atoms with Crippen LogP contribution in [0.4, 0.5) is 20.2 Å². The molecule has 3 aromatic rings. The number of ether oxygens (including phenoxy) is 2. The molecule has 0 unspecified atom stereocenters. The van der Waals surface area contributed by atoms with Crippen molar-refractivity contribution in [3.05, 3.63) is 65.5 Å². The lowest BCUT2D eigenvalue weighted by atomic mass is 10.0. The fraction of sp³-hybridized carbons (Fsp3) is 0.174. The Balaban J connectivity index is 1.90. The molecule has 2 heterocycles. The van der Waals surface area contributed by atoms with Crippen molar-refractivity contribution < 1.29 is 31.5 Å². The highest BCUT2D eigenvalue weighted by Gasteiger charge is 2.24. The lowest BCUT2D eigenvalue weighted by Gasteiger charge is -2.23. The van der Waals surface area contributed by atoms with E-state index in [1.165, 1.54) is 25.1 Å². The van der Waals surface area contributed by atoms with Gasteiger partial charge in [0.25, 0.3) is 0 Å². The van der Waals surface area contributed by atoms with E-state index in [2.05, 4.69) is 15.0 Å². The third-order valence-corrected chi connectivity index (χ3v) is 6.21. The Morgan fingerprint density at radius 3 is 2.62 bits per heavy atom. The van der Waals surface area contributed by atoms with Gasteiger partial charge in [-0.1, -0.05) is 0 Å². The number of hydrogen-bond donors (Lipinski definition) is 2. The maximum absolute atomic E-state index is 14.3. The molecule has 0 aliphatic carbocycles. The molecule has 1 aromatic heterocycles. The number of halogens is 2. The third-order valence-electron chi connectivity index (χ3n) is 4.90. The van der Waals surface area contributed by atoms with Crippen LogP contribution in [-0.2, 0) is 14.8 Å². The van der Waals surface area contributed by atoms with Crippen LogP contribution < -0.4 is 19.5 Å². The van der Waals surface area contributed by atoms with Crippen molar-refractivity contribution in [2.24, 2.45) is 0 Å². The van der Waals surface area contributed by atoms with Gasteiger partial charge in [0.15, 0.2) is 11.6 Å². The topological polar surface area (TPSA) is 107 Å². The fourth-order valence-corrected chi connectivity index (χ4v) is 3.92. The summed E-state index contributed by atoms with van der Waals surface area (Å²) >= 11 is 0. The molecular weight excluding hydrogens is 468 g/mol. The fourth-order valence-electron chi connectivity index (χ4n) is 3.29. The highest BCUT2D eigenvalue weighted by atomic mass is 32.2. The number of aryl methyl sites for hydroxylation is 1. The molecule has 1 aliphatic heterocycles. The van der Waals surface area contributed by atoms with E-state index < -0.39 is 21.7 Å². The molecule has 34 heavy (non-hydrogen) atoms. The Morgan fingerprint density at radius 1 is 1.15 bits per heavy atom. The van der Waals surface area contributed by atoms with Crippen molar-refractivity contribution in [2.45, 2.75) is 13.8 Å². The molecule has 176 valence electrons. The van der Waals surface area contributed by atoms with Crippen LogP contribution in [0.5, 0.6) is 17.4 Å². The molecule has 0 saturated heterocycles. The van der Waals surface area contributed by atoms with E-state index in [9.17, 15) is 22.0 Å². The van der Waals surface area contributed by atoms with Crippen LogP contribution in [0.2, 0.25) is 0 Å². The molecule has 8 nitrogen and oxygen atoms in total. The molecule has 4 rings (SSSR count). The minimum atomic E-state index is -3.59. The van der Waals surface area contributed by atoms with Gasteiger partial charge in [0, 0.05) is 28.6 Å². The molecule has 0 bridgehead atoms.